The molecule has 0 aromatic heterocycles. The van der Waals surface area contributed by atoms with Crippen molar-refractivity contribution < 1.29 is 38.1 Å². The first kappa shape index (κ1) is 20.0. The number of hydrogen-bond donors (Lipinski definition) is 0. The second-order valence-corrected chi connectivity index (χ2v) is 6.46. The molecule has 0 bridgehead atoms. The van der Waals surface area contributed by atoms with Crippen molar-refractivity contribution in [1.29, 1.82) is 0 Å². The second kappa shape index (κ2) is 7.73. The zero-order valence-electron chi connectivity index (χ0n) is 16.4. The maximum atomic E-state index is 13.3. The molecule has 3 unspecified atom stereocenters. The van der Waals surface area contributed by atoms with Crippen LogP contribution < -0.4 is 9.47 Å². The van der Waals surface area contributed by atoms with Crippen molar-refractivity contribution in [2.45, 2.75) is 31.7 Å². The third kappa shape index (κ3) is 2.98. The van der Waals surface area contributed by atoms with Gasteiger partial charge in [-0.1, -0.05) is 0 Å². The molecule has 3 rings (SSSR count). The maximum Gasteiger partial charge on any atom is 0.308 e. The Labute approximate surface area is 162 Å². The molecule has 0 radical (unpaired) electrons. The topological polar surface area (TPSA) is 97.4 Å². The van der Waals surface area contributed by atoms with Crippen molar-refractivity contribution in [1.82, 2.24) is 0 Å². The summed E-state index contributed by atoms with van der Waals surface area (Å²) in [5.41, 5.74) is 0.758. The summed E-state index contributed by atoms with van der Waals surface area (Å²) in [7, 11) is 5.53. The van der Waals surface area contributed by atoms with Crippen molar-refractivity contribution in [3.8, 4) is 11.5 Å². The van der Waals surface area contributed by atoms with E-state index in [2.05, 4.69) is 0 Å². The largest absolute Gasteiger partial charge is 0.493 e. The molecule has 8 nitrogen and oxygen atoms in total. The highest BCUT2D eigenvalue weighted by Gasteiger charge is 2.47. The van der Waals surface area contributed by atoms with Crippen LogP contribution in [0.25, 0.3) is 0 Å². The highest BCUT2D eigenvalue weighted by molar-refractivity contribution is 6.29. The molecule has 0 N–H and O–H groups in total. The summed E-state index contributed by atoms with van der Waals surface area (Å²) in [6.07, 6.45) is -2.43. The number of methoxy groups -OCH3 is 4. The quantitative estimate of drug-likeness (QED) is 0.702. The van der Waals surface area contributed by atoms with Crippen LogP contribution in [0.3, 0.4) is 0 Å². The summed E-state index contributed by atoms with van der Waals surface area (Å²) in [6, 6.07) is 3.10. The maximum absolute atomic E-state index is 13.3. The summed E-state index contributed by atoms with van der Waals surface area (Å²) in [4.78, 5) is 38.4. The first-order valence-electron chi connectivity index (χ1n) is 8.73. The molecule has 150 valence electrons. The molecule has 0 saturated carbocycles. The smallest absolute Gasteiger partial charge is 0.308 e. The molecule has 1 heterocycles. The number of hydrogen-bond acceptors (Lipinski definition) is 8. The monoisotopic (exact) mass is 390 g/mol. The number of benzene rings is 1. The number of Topliss-reactive ketones (excluding diaryl/α,β-unsaturated/α-hetero) is 2. The van der Waals surface area contributed by atoms with E-state index in [1.54, 1.807) is 13.0 Å². The number of ketones is 2. The van der Waals surface area contributed by atoms with Crippen LogP contribution in [0, 0.1) is 0 Å². The molecular formula is C20H22O8. The number of fused-ring (bicyclic) bond motifs is 1. The fourth-order valence-corrected chi connectivity index (χ4v) is 3.81. The Hall–Kier alpha value is -2.71. The Morgan fingerprint density at radius 1 is 1.04 bits per heavy atom. The van der Waals surface area contributed by atoms with Gasteiger partial charge in [0.15, 0.2) is 23.1 Å². The van der Waals surface area contributed by atoms with Crippen LogP contribution in [0.4, 0.5) is 0 Å². The molecule has 3 atom stereocenters. The molecule has 0 fully saturated rings. The van der Waals surface area contributed by atoms with Gasteiger partial charge in [-0.3, -0.25) is 14.4 Å². The van der Waals surface area contributed by atoms with Gasteiger partial charge in [0, 0.05) is 23.8 Å². The Balaban J connectivity index is 2.16. The third-order valence-electron chi connectivity index (χ3n) is 5.05. The van der Waals surface area contributed by atoms with Crippen LogP contribution in [0.5, 0.6) is 11.5 Å². The Morgan fingerprint density at radius 2 is 1.75 bits per heavy atom. The van der Waals surface area contributed by atoms with E-state index in [4.69, 9.17) is 23.7 Å². The summed E-state index contributed by atoms with van der Waals surface area (Å²) >= 11 is 0. The summed E-state index contributed by atoms with van der Waals surface area (Å²) in [6.45, 7) is 1.66. The van der Waals surface area contributed by atoms with Gasteiger partial charge >= 0.3 is 5.97 Å². The second-order valence-electron chi connectivity index (χ2n) is 6.46. The van der Waals surface area contributed by atoms with Crippen molar-refractivity contribution in [3.05, 3.63) is 34.4 Å². The van der Waals surface area contributed by atoms with E-state index in [-0.39, 0.29) is 46.0 Å². The molecule has 8 heteroatoms. The van der Waals surface area contributed by atoms with E-state index in [1.165, 1.54) is 34.5 Å². The van der Waals surface area contributed by atoms with E-state index in [9.17, 15) is 14.4 Å². The Bertz CT molecular complexity index is 869. The fourth-order valence-electron chi connectivity index (χ4n) is 3.81. The van der Waals surface area contributed by atoms with Crippen molar-refractivity contribution >= 4 is 17.5 Å². The molecule has 1 aromatic rings. The molecule has 1 aliphatic carbocycles. The summed E-state index contributed by atoms with van der Waals surface area (Å²) in [5, 5.41) is 0. The number of ether oxygens (including phenoxy) is 5. The van der Waals surface area contributed by atoms with Gasteiger partial charge in [-0.25, -0.2) is 0 Å². The minimum atomic E-state index is -0.872. The van der Waals surface area contributed by atoms with E-state index in [0.717, 1.165) is 0 Å². The predicted molar refractivity (Wildman–Crippen MR) is 97.0 cm³/mol. The average Bonchev–Trinajstić information content (AvgIpc) is 2.70. The predicted octanol–water partition coefficient (Wildman–Crippen LogP) is 1.74. The molecule has 0 saturated heterocycles. The van der Waals surface area contributed by atoms with Crippen molar-refractivity contribution in [2.24, 2.45) is 0 Å². The minimum Gasteiger partial charge on any atom is -0.493 e. The lowest BCUT2D eigenvalue weighted by Gasteiger charge is -2.39. The van der Waals surface area contributed by atoms with Gasteiger partial charge in [0.25, 0.3) is 0 Å². The average molecular weight is 390 g/mol. The zero-order chi connectivity index (χ0) is 20.6. The molecule has 28 heavy (non-hydrogen) atoms. The third-order valence-corrected chi connectivity index (χ3v) is 5.05. The first-order valence-corrected chi connectivity index (χ1v) is 8.73. The van der Waals surface area contributed by atoms with E-state index >= 15 is 0 Å². The lowest BCUT2D eigenvalue weighted by atomic mass is 9.76. The van der Waals surface area contributed by atoms with Crippen LogP contribution >= 0.6 is 0 Å². The number of esters is 1. The lowest BCUT2D eigenvalue weighted by molar-refractivity contribution is -0.148. The molecule has 0 spiro atoms. The molecule has 1 aliphatic heterocycles. The van der Waals surface area contributed by atoms with E-state index in [1.807, 2.05) is 0 Å². The van der Waals surface area contributed by atoms with Crippen LogP contribution in [-0.2, 0) is 19.0 Å². The Kier molecular flexibility index (Phi) is 5.53. The van der Waals surface area contributed by atoms with Gasteiger partial charge in [0.05, 0.1) is 45.5 Å². The molecular weight excluding hydrogens is 368 g/mol. The van der Waals surface area contributed by atoms with Crippen molar-refractivity contribution in [2.75, 3.05) is 28.4 Å². The van der Waals surface area contributed by atoms with Gasteiger partial charge in [-0.05, 0) is 19.1 Å². The lowest BCUT2D eigenvalue weighted by Crippen LogP contribution is -2.48. The molecule has 1 aromatic carbocycles. The normalized spacial score (nSPS) is 23.8. The number of carbonyl (C=O) groups excluding carboxylic acids is 3. The number of carbonyl (C=O) groups is 3. The van der Waals surface area contributed by atoms with Crippen molar-refractivity contribution in [3.63, 3.8) is 0 Å². The molecule has 0 amide bonds. The fraction of sp³-hybridized carbons (Fsp3) is 0.450. The SMILES string of the molecule is COC(=O)CC1OC(C)C2=C(C(=O)c3ccc(OC)c(OC)c3C2=O)C1OC. The summed E-state index contributed by atoms with van der Waals surface area (Å²) < 4.78 is 26.7. The van der Waals surface area contributed by atoms with Gasteiger partial charge in [0.1, 0.15) is 6.10 Å². The van der Waals surface area contributed by atoms with E-state index in [0.29, 0.717) is 5.75 Å². The standard InChI is InChI=1S/C20H22O8/c1-9-14-16(20(27-5)12(28-9)8-13(21)25-3)17(22)10-6-7-11(24-2)19(26-4)15(10)18(14)23/h6-7,9,12,20H,8H2,1-5H3. The zero-order valence-corrected chi connectivity index (χ0v) is 16.4. The van der Waals surface area contributed by atoms with Crippen LogP contribution in [0.15, 0.2) is 23.3 Å². The van der Waals surface area contributed by atoms with Crippen LogP contribution in [0.1, 0.15) is 34.1 Å². The van der Waals surface area contributed by atoms with Gasteiger partial charge < -0.3 is 23.7 Å². The van der Waals surface area contributed by atoms with Gasteiger partial charge in [-0.15, -0.1) is 0 Å². The highest BCUT2D eigenvalue weighted by atomic mass is 16.6. The summed E-state index contributed by atoms with van der Waals surface area (Å²) in [5.74, 6) is -0.691. The van der Waals surface area contributed by atoms with E-state index < -0.39 is 24.3 Å². The van der Waals surface area contributed by atoms with Gasteiger partial charge in [-0.2, -0.15) is 0 Å². The first-order chi connectivity index (χ1) is 13.4. The Morgan fingerprint density at radius 3 is 2.32 bits per heavy atom. The molecule has 2 aliphatic rings. The number of rotatable bonds is 5. The minimum absolute atomic E-state index is 0.101. The van der Waals surface area contributed by atoms with Crippen LogP contribution in [-0.4, -0.2) is 64.3 Å². The van der Waals surface area contributed by atoms with Crippen LogP contribution in [0.2, 0.25) is 0 Å². The van der Waals surface area contributed by atoms with Gasteiger partial charge in [0.2, 0.25) is 0 Å². The highest BCUT2D eigenvalue weighted by Crippen LogP contribution is 2.43.